The van der Waals surface area contributed by atoms with E-state index in [-0.39, 0.29) is 6.04 Å². The fourth-order valence-corrected chi connectivity index (χ4v) is 2.08. The molecule has 1 rings (SSSR count). The zero-order chi connectivity index (χ0) is 11.1. The van der Waals surface area contributed by atoms with Crippen molar-refractivity contribution in [1.29, 1.82) is 0 Å². The maximum absolute atomic E-state index is 5.39. The van der Waals surface area contributed by atoms with Gasteiger partial charge in [-0.05, 0) is 19.1 Å². The van der Waals surface area contributed by atoms with Crippen LogP contribution in [0.4, 0.5) is 0 Å². The second-order valence-electron chi connectivity index (χ2n) is 3.40. The predicted molar refractivity (Wildman–Crippen MR) is 66.5 cm³/mol. The molecule has 0 aliphatic heterocycles. The van der Waals surface area contributed by atoms with Gasteiger partial charge in [-0.3, -0.25) is 11.3 Å². The lowest BCUT2D eigenvalue weighted by Crippen LogP contribution is -2.36. The third-order valence-corrected chi connectivity index (χ3v) is 3.25. The number of aryl methyl sites for hydroxylation is 1. The van der Waals surface area contributed by atoms with Crippen LogP contribution in [0.3, 0.4) is 0 Å². The van der Waals surface area contributed by atoms with E-state index in [1.54, 1.807) is 11.8 Å². The van der Waals surface area contributed by atoms with Crippen LogP contribution in [-0.4, -0.2) is 11.8 Å². The molecule has 1 atom stereocenters. The Kier molecular flexibility index (Phi) is 5.27. The first-order valence-corrected chi connectivity index (χ1v) is 5.84. The largest absolute Gasteiger partial charge is 0.271 e. The molecular formula is C12H16N2S. The van der Waals surface area contributed by atoms with Crippen molar-refractivity contribution in [2.24, 2.45) is 5.84 Å². The molecule has 2 nitrogen and oxygen atoms in total. The zero-order valence-corrected chi connectivity index (χ0v) is 9.68. The van der Waals surface area contributed by atoms with E-state index in [0.717, 1.165) is 5.75 Å². The molecule has 0 saturated carbocycles. The summed E-state index contributed by atoms with van der Waals surface area (Å²) in [5.41, 5.74) is 4.00. The Hall–Kier alpha value is -0.950. The quantitative estimate of drug-likeness (QED) is 0.345. The first kappa shape index (κ1) is 12.1. The van der Waals surface area contributed by atoms with E-state index in [4.69, 9.17) is 12.3 Å². The monoisotopic (exact) mass is 220 g/mol. The van der Waals surface area contributed by atoms with E-state index < -0.39 is 0 Å². The highest BCUT2D eigenvalue weighted by molar-refractivity contribution is 7.99. The van der Waals surface area contributed by atoms with Crippen molar-refractivity contribution in [2.75, 3.05) is 5.75 Å². The molecule has 1 aromatic rings. The van der Waals surface area contributed by atoms with Crippen molar-refractivity contribution >= 4 is 11.8 Å². The van der Waals surface area contributed by atoms with Gasteiger partial charge in [0.1, 0.15) is 0 Å². The topological polar surface area (TPSA) is 38.0 Å². The lowest BCUT2D eigenvalue weighted by Gasteiger charge is -2.12. The van der Waals surface area contributed by atoms with Gasteiger partial charge in [0, 0.05) is 23.1 Å². The minimum absolute atomic E-state index is 0.182. The van der Waals surface area contributed by atoms with Gasteiger partial charge in [0.2, 0.25) is 0 Å². The number of rotatable bonds is 5. The van der Waals surface area contributed by atoms with Crippen LogP contribution in [0.5, 0.6) is 0 Å². The predicted octanol–water partition coefficient (Wildman–Crippen LogP) is 1.94. The summed E-state index contributed by atoms with van der Waals surface area (Å²) >= 11 is 1.76. The number of thioether (sulfide) groups is 1. The van der Waals surface area contributed by atoms with Gasteiger partial charge >= 0.3 is 0 Å². The van der Waals surface area contributed by atoms with Crippen molar-refractivity contribution < 1.29 is 0 Å². The van der Waals surface area contributed by atoms with Crippen LogP contribution in [-0.2, 0) is 0 Å². The number of terminal acetylenes is 1. The minimum Gasteiger partial charge on any atom is -0.271 e. The zero-order valence-electron chi connectivity index (χ0n) is 8.86. The molecule has 15 heavy (non-hydrogen) atoms. The Morgan fingerprint density at radius 2 is 2.13 bits per heavy atom. The number of hydrogen-bond acceptors (Lipinski definition) is 3. The smallest absolute Gasteiger partial charge is 0.0413 e. The van der Waals surface area contributed by atoms with Crippen LogP contribution >= 0.6 is 11.8 Å². The molecule has 0 aromatic heterocycles. The molecule has 0 bridgehead atoms. The summed E-state index contributed by atoms with van der Waals surface area (Å²) in [5.74, 6) is 8.89. The summed E-state index contributed by atoms with van der Waals surface area (Å²) in [6.45, 7) is 2.08. The van der Waals surface area contributed by atoms with Gasteiger partial charge in [-0.1, -0.05) is 17.7 Å². The van der Waals surface area contributed by atoms with Gasteiger partial charge in [0.25, 0.3) is 0 Å². The number of hydrazine groups is 1. The number of nitrogens with two attached hydrogens (primary N) is 1. The SMILES string of the molecule is C#CCC(CSc1ccc(C)cc1)NN. The lowest BCUT2D eigenvalue weighted by atomic mass is 10.2. The third kappa shape index (κ3) is 4.39. The van der Waals surface area contributed by atoms with Crippen molar-refractivity contribution in [3.05, 3.63) is 29.8 Å². The normalized spacial score (nSPS) is 12.1. The van der Waals surface area contributed by atoms with E-state index in [1.165, 1.54) is 10.5 Å². The Labute approximate surface area is 95.6 Å². The Bertz CT molecular complexity index is 326. The van der Waals surface area contributed by atoms with Gasteiger partial charge in [-0.15, -0.1) is 24.1 Å². The highest BCUT2D eigenvalue weighted by Crippen LogP contribution is 2.19. The van der Waals surface area contributed by atoms with E-state index in [9.17, 15) is 0 Å². The van der Waals surface area contributed by atoms with Gasteiger partial charge in [0.05, 0.1) is 0 Å². The van der Waals surface area contributed by atoms with Crippen LogP contribution in [0.1, 0.15) is 12.0 Å². The summed E-state index contributed by atoms with van der Waals surface area (Å²) < 4.78 is 0. The molecule has 0 fully saturated rings. The number of nitrogens with one attached hydrogen (secondary N) is 1. The van der Waals surface area contributed by atoms with Crippen LogP contribution < -0.4 is 11.3 Å². The molecule has 1 aromatic carbocycles. The molecule has 3 N–H and O–H groups in total. The summed E-state index contributed by atoms with van der Waals surface area (Å²) in [6, 6.07) is 8.62. The van der Waals surface area contributed by atoms with Crippen molar-refractivity contribution in [3.63, 3.8) is 0 Å². The molecule has 0 heterocycles. The Balaban J connectivity index is 2.42. The van der Waals surface area contributed by atoms with E-state index in [0.29, 0.717) is 6.42 Å². The van der Waals surface area contributed by atoms with Gasteiger partial charge in [-0.25, -0.2) is 0 Å². The molecule has 0 aliphatic rings. The molecule has 0 spiro atoms. The molecule has 0 radical (unpaired) electrons. The summed E-state index contributed by atoms with van der Waals surface area (Å²) in [7, 11) is 0. The van der Waals surface area contributed by atoms with Crippen LogP contribution in [0.2, 0.25) is 0 Å². The highest BCUT2D eigenvalue weighted by Gasteiger charge is 2.04. The second-order valence-corrected chi connectivity index (χ2v) is 4.49. The lowest BCUT2D eigenvalue weighted by molar-refractivity contribution is 0.592. The third-order valence-electron chi connectivity index (χ3n) is 2.07. The summed E-state index contributed by atoms with van der Waals surface area (Å²) in [6.07, 6.45) is 5.90. The fraction of sp³-hybridized carbons (Fsp3) is 0.333. The van der Waals surface area contributed by atoms with E-state index in [2.05, 4.69) is 42.5 Å². The minimum atomic E-state index is 0.182. The molecule has 80 valence electrons. The molecule has 0 amide bonds. The van der Waals surface area contributed by atoms with Gasteiger partial charge in [-0.2, -0.15) is 0 Å². The Morgan fingerprint density at radius 3 is 2.67 bits per heavy atom. The molecule has 1 unspecified atom stereocenters. The average Bonchev–Trinajstić information content (AvgIpc) is 2.26. The summed E-state index contributed by atoms with van der Waals surface area (Å²) in [4.78, 5) is 1.25. The maximum Gasteiger partial charge on any atom is 0.0413 e. The molecule has 0 aliphatic carbocycles. The molecular weight excluding hydrogens is 204 g/mol. The second kappa shape index (κ2) is 6.52. The van der Waals surface area contributed by atoms with Crippen molar-refractivity contribution in [1.82, 2.24) is 5.43 Å². The maximum atomic E-state index is 5.39. The average molecular weight is 220 g/mol. The standard InChI is InChI=1S/C12H16N2S/c1-3-4-11(14-13)9-15-12-7-5-10(2)6-8-12/h1,5-8,11,14H,4,9,13H2,2H3. The first-order chi connectivity index (χ1) is 7.26. The van der Waals surface area contributed by atoms with Crippen LogP contribution in [0.25, 0.3) is 0 Å². The van der Waals surface area contributed by atoms with E-state index >= 15 is 0 Å². The number of hydrogen-bond donors (Lipinski definition) is 2. The fourth-order valence-electron chi connectivity index (χ4n) is 1.14. The van der Waals surface area contributed by atoms with Crippen LogP contribution in [0, 0.1) is 19.3 Å². The number of benzene rings is 1. The van der Waals surface area contributed by atoms with Crippen molar-refractivity contribution in [2.45, 2.75) is 24.3 Å². The first-order valence-electron chi connectivity index (χ1n) is 4.85. The molecule has 3 heteroatoms. The van der Waals surface area contributed by atoms with Gasteiger partial charge < -0.3 is 0 Å². The summed E-state index contributed by atoms with van der Waals surface area (Å²) in [5, 5.41) is 0. The Morgan fingerprint density at radius 1 is 1.47 bits per heavy atom. The van der Waals surface area contributed by atoms with E-state index in [1.807, 2.05) is 0 Å². The highest BCUT2D eigenvalue weighted by atomic mass is 32.2. The van der Waals surface area contributed by atoms with Gasteiger partial charge in [0.15, 0.2) is 0 Å². The molecule has 0 saturated heterocycles. The van der Waals surface area contributed by atoms with Crippen LogP contribution in [0.15, 0.2) is 29.2 Å². The van der Waals surface area contributed by atoms with Crippen molar-refractivity contribution in [3.8, 4) is 12.3 Å².